The molecule has 142 valence electrons. The van der Waals surface area contributed by atoms with E-state index in [9.17, 15) is 0 Å². The number of alkyl halides is 1. The molecule has 0 aromatic carbocycles. The molecule has 0 nitrogen and oxygen atoms in total. The van der Waals surface area contributed by atoms with Crippen LogP contribution < -0.4 is 22.4 Å². The molecule has 1 heteroatoms. The van der Waals surface area contributed by atoms with Gasteiger partial charge in [-0.05, 0) is 0 Å². The van der Waals surface area contributed by atoms with Gasteiger partial charge in [0.2, 0.25) is 0 Å². The fourth-order valence-electron chi connectivity index (χ4n) is 3.35. The average molecular weight is 440 g/mol. The number of hydrogen-bond acceptors (Lipinski definition) is 0. The molecule has 0 spiro atoms. The van der Waals surface area contributed by atoms with Crippen LogP contribution in [0.15, 0.2) is 0 Å². The first-order valence-corrected chi connectivity index (χ1v) is 12.5. The average Bonchev–Trinajstić information content (AvgIpc) is 2.60. The van der Waals surface area contributed by atoms with Crippen molar-refractivity contribution < 1.29 is 22.4 Å². The molecule has 0 aliphatic heterocycles. The van der Waals surface area contributed by atoms with Crippen LogP contribution in [0.25, 0.3) is 0 Å². The summed E-state index contributed by atoms with van der Waals surface area (Å²) in [6.45, 7) is 2.30. The quantitative estimate of drug-likeness (QED) is 0.133. The Hall–Kier alpha value is 0.730. The smallest absolute Gasteiger partial charge is 0.0654 e. The Morgan fingerprint density at radius 1 is 0.435 bits per heavy atom. The van der Waals surface area contributed by atoms with E-state index in [0.717, 1.165) is 0 Å². The summed E-state index contributed by atoms with van der Waals surface area (Å²) in [4.78, 5) is 0. The second-order valence-electron chi connectivity index (χ2n) is 7.41. The zero-order valence-corrected chi connectivity index (χ0v) is 18.4. The molecule has 0 atom stereocenters. The normalized spacial score (nSPS) is 12.0. The molecular weight excluding hydrogens is 391 g/mol. The molecule has 0 bridgehead atoms. The van der Waals surface area contributed by atoms with Gasteiger partial charge in [0, 0.05) is 0 Å². The maximum absolute atomic E-state index is 7.22. The van der Waals surface area contributed by atoms with Crippen molar-refractivity contribution in [3.05, 3.63) is 0 Å². The van der Waals surface area contributed by atoms with E-state index in [4.69, 9.17) is 0.594 Å². The van der Waals surface area contributed by atoms with Gasteiger partial charge in [0.1, 0.15) is 0 Å². The Bertz CT molecular complexity index is 186. The number of hydrogen-bond donors (Lipinski definition) is 0. The van der Waals surface area contributed by atoms with Crippen molar-refractivity contribution in [3.8, 4) is 0 Å². The molecule has 0 heterocycles. The van der Waals surface area contributed by atoms with Crippen molar-refractivity contribution in [1.82, 2.24) is 0 Å². The van der Waals surface area contributed by atoms with Crippen molar-refractivity contribution in [2.75, 3.05) is 4.43 Å². The molecule has 0 N–H and O–H groups in total. The van der Waals surface area contributed by atoms with E-state index < -0.39 is 0 Å². The van der Waals surface area contributed by atoms with Crippen LogP contribution in [0, 0.1) is 0 Å². The van der Waals surface area contributed by atoms with Crippen molar-refractivity contribution in [2.24, 2.45) is 0 Å². The minimum Gasteiger partial charge on any atom is -0.0654 e. The van der Waals surface area contributed by atoms with E-state index in [1.54, 1.807) is 0 Å². The summed E-state index contributed by atoms with van der Waals surface area (Å²) in [5, 5.41) is 0. The number of halogens is 1. The molecule has 0 aliphatic carbocycles. The van der Waals surface area contributed by atoms with Gasteiger partial charge in [-0.15, -0.1) is 0 Å². The molecule has 0 unspecified atom stereocenters. The summed E-state index contributed by atoms with van der Waals surface area (Å²) in [5.41, 5.74) is 0. The van der Waals surface area contributed by atoms with Gasteiger partial charge in [0.25, 0.3) is 0 Å². The van der Waals surface area contributed by atoms with Gasteiger partial charge >= 0.3 is 98.0 Å². The van der Waals surface area contributed by atoms with Gasteiger partial charge in [-0.1, -0.05) is 64.7 Å². The van der Waals surface area contributed by atoms with Gasteiger partial charge in [-0.3, -0.25) is 0 Å². The van der Waals surface area contributed by atoms with Gasteiger partial charge in [0.05, 0.1) is 0 Å². The van der Waals surface area contributed by atoms with Crippen molar-refractivity contribution >= 4 is 0 Å². The Labute approximate surface area is 162 Å². The first kappa shape index (κ1) is 21.8. The van der Waals surface area contributed by atoms with E-state index in [-0.39, 0.29) is 22.4 Å². The third kappa shape index (κ3) is 22.7. The molecular formula is C22H46I-. The fraction of sp³-hybridized carbons (Fsp3) is 1.00. The van der Waals surface area contributed by atoms with Crippen LogP contribution in [0.2, 0.25) is 0 Å². The van der Waals surface area contributed by atoms with Crippen LogP contribution in [0.3, 0.4) is 0 Å². The zero-order valence-electron chi connectivity index (χ0n) is 17.2. The molecule has 0 saturated carbocycles. The molecule has 0 fully saturated rings. The number of unbranched alkanes of at least 4 members (excludes halogenated alkanes) is 19. The van der Waals surface area contributed by atoms with Crippen LogP contribution in [0.4, 0.5) is 0 Å². The van der Waals surface area contributed by atoms with E-state index >= 15 is 0 Å². The topological polar surface area (TPSA) is 0 Å². The Morgan fingerprint density at radius 2 is 0.696 bits per heavy atom. The molecule has 0 aromatic heterocycles. The van der Waals surface area contributed by atoms with Crippen LogP contribution in [-0.2, 0) is 0 Å². The Kier molecular flexibility index (Phi) is 21.5. The third-order valence-electron chi connectivity index (χ3n) is 4.99. The van der Waals surface area contributed by atoms with Crippen LogP contribution in [-0.4, -0.2) is 5.02 Å². The van der Waals surface area contributed by atoms with Crippen LogP contribution >= 0.6 is 0 Å². The molecule has 0 radical (unpaired) electrons. The first-order chi connectivity index (χ1) is 11.9. The van der Waals surface area contributed by atoms with Gasteiger partial charge in [-0.2, -0.15) is 0 Å². The Morgan fingerprint density at radius 3 is 0.957 bits per heavy atom. The SMILES string of the molecule is [3H][I-]CCCCCCCCCCCCCCCCCCCCCC. The van der Waals surface area contributed by atoms with Crippen molar-refractivity contribution in [1.29, 1.82) is 0.594 Å². The van der Waals surface area contributed by atoms with E-state index in [1.807, 2.05) is 0 Å². The summed E-state index contributed by atoms with van der Waals surface area (Å²) < 4.78 is 8.44. The van der Waals surface area contributed by atoms with Gasteiger partial charge in [0.15, 0.2) is 0 Å². The minimum absolute atomic E-state index is 0.191. The fourth-order valence-corrected chi connectivity index (χ4v) is 3.89. The monoisotopic (exact) mass is 439 g/mol. The third-order valence-corrected chi connectivity index (χ3v) is 5.75. The van der Waals surface area contributed by atoms with Crippen LogP contribution in [0.1, 0.15) is 135 Å². The molecule has 0 amide bonds. The predicted octanol–water partition coefficient (Wildman–Crippen LogP) is 5.09. The summed E-state index contributed by atoms with van der Waals surface area (Å²) in [6, 6.07) is 0. The maximum atomic E-state index is 7.22. The summed E-state index contributed by atoms with van der Waals surface area (Å²) >= 11 is -0.191. The van der Waals surface area contributed by atoms with Crippen LogP contribution in [0.5, 0.6) is 0 Å². The number of rotatable bonds is 21. The molecule has 0 saturated heterocycles. The minimum atomic E-state index is -0.191. The van der Waals surface area contributed by atoms with Crippen molar-refractivity contribution in [3.63, 3.8) is 0 Å². The molecule has 23 heavy (non-hydrogen) atoms. The van der Waals surface area contributed by atoms with Gasteiger partial charge < -0.3 is 0 Å². The van der Waals surface area contributed by atoms with E-state index in [0.29, 0.717) is 0 Å². The second-order valence-corrected chi connectivity index (χ2v) is 8.49. The predicted molar refractivity (Wildman–Crippen MR) is 104 cm³/mol. The molecule has 0 aromatic rings. The summed E-state index contributed by atoms with van der Waals surface area (Å²) in [5.74, 6) is 0. The summed E-state index contributed by atoms with van der Waals surface area (Å²) in [6.07, 6.45) is 29.0. The van der Waals surface area contributed by atoms with Gasteiger partial charge in [-0.25, -0.2) is 0 Å². The standard InChI is InChI=1S/C22H46I/c1-2-3-4-5-6-7-8-9-10-11-12-13-14-15-16-17-18-19-20-21-22-23/h23H,2-22H2,1H3/q-1/i23T. The first-order valence-electron chi connectivity index (χ1n) is 11.4. The second kappa shape index (κ2) is 22.7. The zero-order chi connectivity index (χ0) is 17.6. The van der Waals surface area contributed by atoms with Crippen molar-refractivity contribution in [2.45, 2.75) is 135 Å². The molecule has 0 aliphatic rings. The molecule has 0 rings (SSSR count). The Balaban J connectivity index is 2.93. The summed E-state index contributed by atoms with van der Waals surface area (Å²) in [7, 11) is 0. The van der Waals surface area contributed by atoms with E-state index in [2.05, 4.69) is 6.92 Å². The van der Waals surface area contributed by atoms with E-state index in [1.165, 1.54) is 133 Å².